The summed E-state index contributed by atoms with van der Waals surface area (Å²) in [5.74, 6) is 0.256. The first kappa shape index (κ1) is 15.0. The smallest absolute Gasteiger partial charge is 0.243 e. The van der Waals surface area contributed by atoms with E-state index in [0.717, 1.165) is 5.56 Å². The number of anilines is 1. The van der Waals surface area contributed by atoms with Crippen molar-refractivity contribution in [3.63, 3.8) is 0 Å². The Morgan fingerprint density at radius 1 is 1.17 bits per heavy atom. The zero-order valence-corrected chi connectivity index (χ0v) is 12.5. The number of benzene rings is 1. The highest BCUT2D eigenvalue weighted by Crippen LogP contribution is 2.22. The van der Waals surface area contributed by atoms with E-state index in [4.69, 9.17) is 5.73 Å². The van der Waals surface area contributed by atoms with E-state index in [1.807, 2.05) is 27.7 Å². The molecule has 0 heterocycles. The first-order valence-corrected chi connectivity index (χ1v) is 7.45. The molecule has 0 radical (unpaired) electrons. The second-order valence-corrected chi connectivity index (χ2v) is 7.08. The Balaban J connectivity index is 3.21. The van der Waals surface area contributed by atoms with E-state index in [2.05, 4.69) is 0 Å². The van der Waals surface area contributed by atoms with Crippen LogP contribution in [0.5, 0.6) is 0 Å². The van der Waals surface area contributed by atoms with Gasteiger partial charge in [-0.2, -0.15) is 4.31 Å². The Labute approximate surface area is 110 Å². The molecule has 0 bridgehead atoms. The minimum absolute atomic E-state index is 0.0586. The van der Waals surface area contributed by atoms with Crippen LogP contribution in [0, 0.1) is 12.8 Å². The van der Waals surface area contributed by atoms with Gasteiger partial charge in [0, 0.05) is 18.8 Å². The fourth-order valence-electron chi connectivity index (χ4n) is 1.73. The van der Waals surface area contributed by atoms with E-state index in [-0.39, 0.29) is 16.9 Å². The summed E-state index contributed by atoms with van der Waals surface area (Å²) in [4.78, 5) is 0.259. The highest BCUT2D eigenvalue weighted by molar-refractivity contribution is 7.89. The second kappa shape index (κ2) is 5.28. The number of nitrogens with zero attached hydrogens (tertiary/aromatic N) is 1. The minimum atomic E-state index is -3.47. The molecule has 0 aliphatic rings. The third-order valence-corrected chi connectivity index (χ3v) is 5.21. The standard InChI is InChI=1S/C13H22N2O2S/c1-9(2)11(4)15(5)18(16,17)13-7-10(3)6-12(14)8-13/h6-9,11H,14H2,1-5H3. The van der Waals surface area contributed by atoms with Crippen molar-refractivity contribution in [2.45, 2.75) is 38.6 Å². The van der Waals surface area contributed by atoms with Gasteiger partial charge in [0.1, 0.15) is 0 Å². The van der Waals surface area contributed by atoms with Crippen LogP contribution in [0.1, 0.15) is 26.3 Å². The topological polar surface area (TPSA) is 63.4 Å². The summed E-state index contributed by atoms with van der Waals surface area (Å²) in [6.45, 7) is 7.74. The molecular weight excluding hydrogens is 248 g/mol. The maximum atomic E-state index is 12.5. The third-order valence-electron chi connectivity index (χ3n) is 3.29. The van der Waals surface area contributed by atoms with Crippen LogP contribution < -0.4 is 5.73 Å². The van der Waals surface area contributed by atoms with Gasteiger partial charge in [0.05, 0.1) is 4.90 Å². The van der Waals surface area contributed by atoms with Gasteiger partial charge in [-0.1, -0.05) is 13.8 Å². The molecule has 0 saturated carbocycles. The molecule has 2 N–H and O–H groups in total. The number of nitrogen functional groups attached to an aromatic ring is 1. The predicted molar refractivity (Wildman–Crippen MR) is 74.8 cm³/mol. The molecule has 0 fully saturated rings. The van der Waals surface area contributed by atoms with Gasteiger partial charge < -0.3 is 5.73 Å². The van der Waals surface area contributed by atoms with Crippen LogP contribution >= 0.6 is 0 Å². The fraction of sp³-hybridized carbons (Fsp3) is 0.538. The highest BCUT2D eigenvalue weighted by atomic mass is 32.2. The van der Waals surface area contributed by atoms with E-state index < -0.39 is 10.0 Å². The molecule has 5 heteroatoms. The van der Waals surface area contributed by atoms with Gasteiger partial charge in [-0.05, 0) is 43.5 Å². The van der Waals surface area contributed by atoms with Crippen molar-refractivity contribution in [2.75, 3.05) is 12.8 Å². The lowest BCUT2D eigenvalue weighted by Gasteiger charge is -2.27. The average molecular weight is 270 g/mol. The zero-order valence-electron chi connectivity index (χ0n) is 11.6. The monoisotopic (exact) mass is 270 g/mol. The van der Waals surface area contributed by atoms with E-state index in [1.54, 1.807) is 19.2 Å². The van der Waals surface area contributed by atoms with Gasteiger partial charge in [0.25, 0.3) is 0 Å². The molecule has 1 aromatic carbocycles. The van der Waals surface area contributed by atoms with E-state index >= 15 is 0 Å². The molecule has 0 aromatic heterocycles. The largest absolute Gasteiger partial charge is 0.399 e. The number of rotatable bonds is 4. The maximum absolute atomic E-state index is 12.5. The van der Waals surface area contributed by atoms with Crippen LogP contribution in [0.4, 0.5) is 5.69 Å². The maximum Gasteiger partial charge on any atom is 0.243 e. The van der Waals surface area contributed by atoms with Crippen molar-refractivity contribution < 1.29 is 8.42 Å². The summed E-state index contributed by atoms with van der Waals surface area (Å²) in [7, 11) is -1.87. The minimum Gasteiger partial charge on any atom is -0.399 e. The van der Waals surface area contributed by atoms with E-state index in [1.165, 1.54) is 10.4 Å². The molecular formula is C13H22N2O2S. The molecule has 102 valence electrons. The summed E-state index contributed by atoms with van der Waals surface area (Å²) in [5, 5.41) is 0. The number of nitrogens with two attached hydrogens (primary N) is 1. The van der Waals surface area contributed by atoms with Crippen LogP contribution in [-0.4, -0.2) is 25.8 Å². The fourth-order valence-corrected chi connectivity index (χ4v) is 3.36. The molecule has 1 aromatic rings. The molecule has 1 unspecified atom stereocenters. The van der Waals surface area contributed by atoms with Gasteiger partial charge in [0.15, 0.2) is 0 Å². The van der Waals surface area contributed by atoms with Gasteiger partial charge in [-0.15, -0.1) is 0 Å². The zero-order chi connectivity index (χ0) is 14.1. The van der Waals surface area contributed by atoms with Crippen molar-refractivity contribution in [3.05, 3.63) is 23.8 Å². The lowest BCUT2D eigenvalue weighted by molar-refractivity contribution is 0.316. The Morgan fingerprint density at radius 3 is 2.17 bits per heavy atom. The number of hydrogen-bond donors (Lipinski definition) is 1. The summed E-state index contributed by atoms with van der Waals surface area (Å²) >= 11 is 0. The van der Waals surface area contributed by atoms with Crippen LogP contribution in [0.2, 0.25) is 0 Å². The molecule has 0 aliphatic heterocycles. The number of aryl methyl sites for hydroxylation is 1. The van der Waals surface area contributed by atoms with Gasteiger partial charge >= 0.3 is 0 Å². The molecule has 18 heavy (non-hydrogen) atoms. The molecule has 0 saturated heterocycles. The summed E-state index contributed by atoms with van der Waals surface area (Å²) < 4.78 is 26.3. The first-order valence-electron chi connectivity index (χ1n) is 6.01. The van der Waals surface area contributed by atoms with Crippen LogP contribution in [0.3, 0.4) is 0 Å². The third kappa shape index (κ3) is 3.03. The van der Waals surface area contributed by atoms with Gasteiger partial charge in [-0.3, -0.25) is 0 Å². The molecule has 4 nitrogen and oxygen atoms in total. The molecule has 1 atom stereocenters. The molecule has 0 spiro atoms. The number of hydrogen-bond acceptors (Lipinski definition) is 3. The molecule has 1 rings (SSSR count). The average Bonchev–Trinajstić information content (AvgIpc) is 2.25. The highest BCUT2D eigenvalue weighted by Gasteiger charge is 2.27. The molecule has 0 amide bonds. The molecule has 0 aliphatic carbocycles. The van der Waals surface area contributed by atoms with E-state index in [0.29, 0.717) is 5.69 Å². The Hall–Kier alpha value is -1.07. The lowest BCUT2D eigenvalue weighted by Crippen LogP contribution is -2.38. The summed E-state index contributed by atoms with van der Waals surface area (Å²) in [5.41, 5.74) is 7.03. The Kier molecular flexibility index (Phi) is 4.40. The van der Waals surface area contributed by atoms with Crippen LogP contribution in [-0.2, 0) is 10.0 Å². The van der Waals surface area contributed by atoms with Crippen molar-refractivity contribution in [2.24, 2.45) is 5.92 Å². The second-order valence-electron chi connectivity index (χ2n) is 5.09. The van der Waals surface area contributed by atoms with Crippen LogP contribution in [0.15, 0.2) is 23.1 Å². The van der Waals surface area contributed by atoms with Crippen molar-refractivity contribution in [3.8, 4) is 0 Å². The predicted octanol–water partition coefficient (Wildman–Crippen LogP) is 2.24. The van der Waals surface area contributed by atoms with Gasteiger partial charge in [-0.25, -0.2) is 8.42 Å². The Morgan fingerprint density at radius 2 is 1.72 bits per heavy atom. The normalized spacial score (nSPS) is 14.2. The van der Waals surface area contributed by atoms with Crippen molar-refractivity contribution in [1.29, 1.82) is 0 Å². The van der Waals surface area contributed by atoms with Gasteiger partial charge in [0.2, 0.25) is 10.0 Å². The Bertz CT molecular complexity index is 504. The quantitative estimate of drug-likeness (QED) is 0.853. The lowest BCUT2D eigenvalue weighted by atomic mass is 10.1. The first-order chi connectivity index (χ1) is 8.16. The number of sulfonamides is 1. The summed E-state index contributed by atoms with van der Waals surface area (Å²) in [6.07, 6.45) is 0. The summed E-state index contributed by atoms with van der Waals surface area (Å²) in [6, 6.07) is 4.85. The van der Waals surface area contributed by atoms with E-state index in [9.17, 15) is 8.42 Å². The SMILES string of the molecule is Cc1cc(N)cc(S(=O)(=O)N(C)C(C)C(C)C)c1. The van der Waals surface area contributed by atoms with Crippen LogP contribution in [0.25, 0.3) is 0 Å². The van der Waals surface area contributed by atoms with Crippen molar-refractivity contribution >= 4 is 15.7 Å². The van der Waals surface area contributed by atoms with Crippen molar-refractivity contribution in [1.82, 2.24) is 4.31 Å².